The van der Waals surface area contributed by atoms with Crippen LogP contribution in [0.3, 0.4) is 0 Å². The predicted octanol–water partition coefficient (Wildman–Crippen LogP) is 3.36. The van der Waals surface area contributed by atoms with Gasteiger partial charge in [0.05, 0.1) is 17.8 Å². The predicted molar refractivity (Wildman–Crippen MR) is 78.5 cm³/mol. The van der Waals surface area contributed by atoms with E-state index in [-0.39, 0.29) is 6.04 Å². The van der Waals surface area contributed by atoms with Gasteiger partial charge in [0.1, 0.15) is 5.76 Å². The number of aromatic nitrogens is 1. The molecule has 2 aromatic heterocycles. The molecule has 3 aromatic rings. The van der Waals surface area contributed by atoms with E-state index in [4.69, 9.17) is 15.1 Å². The van der Waals surface area contributed by atoms with E-state index in [0.717, 1.165) is 35.9 Å². The van der Waals surface area contributed by atoms with Crippen molar-refractivity contribution in [2.24, 2.45) is 5.73 Å². The third kappa shape index (κ3) is 1.67. The first-order chi connectivity index (χ1) is 9.84. The van der Waals surface area contributed by atoms with Crippen molar-refractivity contribution in [2.45, 2.75) is 25.3 Å². The second kappa shape index (κ2) is 4.46. The van der Waals surface area contributed by atoms with Gasteiger partial charge in [-0.05, 0) is 48.6 Å². The van der Waals surface area contributed by atoms with Crippen LogP contribution in [0.1, 0.15) is 35.0 Å². The highest BCUT2D eigenvalue weighted by atomic mass is 16.3. The molecule has 20 heavy (non-hydrogen) atoms. The molecule has 0 saturated heterocycles. The third-order valence-corrected chi connectivity index (χ3v) is 4.12. The van der Waals surface area contributed by atoms with Gasteiger partial charge in [0.25, 0.3) is 0 Å². The number of aryl methyl sites for hydroxylation is 1. The summed E-state index contributed by atoms with van der Waals surface area (Å²) in [4.78, 5) is 4.79. The first-order valence-electron chi connectivity index (χ1n) is 7.04. The standard InChI is InChI=1S/C17H16N2O/c18-17(15-9-4-10-20-15)16-11-5-1-2-7-13(11)19-14-8-3-6-12(14)16/h1-2,4-5,7,9-10,17H,3,6,8,18H2. The van der Waals surface area contributed by atoms with Crippen LogP contribution in [-0.2, 0) is 12.8 Å². The fourth-order valence-corrected chi connectivity index (χ4v) is 3.21. The van der Waals surface area contributed by atoms with Crippen molar-refractivity contribution < 1.29 is 4.42 Å². The number of furan rings is 1. The molecule has 2 N–H and O–H groups in total. The molecule has 1 unspecified atom stereocenters. The first-order valence-corrected chi connectivity index (χ1v) is 7.04. The number of fused-ring (bicyclic) bond motifs is 2. The minimum atomic E-state index is -0.218. The minimum Gasteiger partial charge on any atom is -0.467 e. The van der Waals surface area contributed by atoms with E-state index in [0.29, 0.717) is 0 Å². The van der Waals surface area contributed by atoms with Crippen LogP contribution in [0.25, 0.3) is 10.9 Å². The van der Waals surface area contributed by atoms with E-state index in [1.807, 2.05) is 24.3 Å². The number of benzene rings is 1. The van der Waals surface area contributed by atoms with Crippen LogP contribution in [0, 0.1) is 0 Å². The number of nitrogens with zero attached hydrogens (tertiary/aromatic N) is 1. The highest BCUT2D eigenvalue weighted by Gasteiger charge is 2.24. The largest absolute Gasteiger partial charge is 0.467 e. The van der Waals surface area contributed by atoms with Gasteiger partial charge in [-0.2, -0.15) is 0 Å². The Balaban J connectivity index is 2.01. The van der Waals surface area contributed by atoms with E-state index in [9.17, 15) is 0 Å². The topological polar surface area (TPSA) is 52.0 Å². The van der Waals surface area contributed by atoms with Crippen LogP contribution in [0.5, 0.6) is 0 Å². The van der Waals surface area contributed by atoms with Crippen LogP contribution in [0.4, 0.5) is 0 Å². The molecule has 0 bridgehead atoms. The molecule has 0 spiro atoms. The SMILES string of the molecule is NC(c1ccco1)c1c2c(nc3ccccc13)CCC2. The second-order valence-electron chi connectivity index (χ2n) is 5.31. The Kier molecular flexibility index (Phi) is 2.60. The van der Waals surface area contributed by atoms with Gasteiger partial charge in [0, 0.05) is 11.1 Å². The van der Waals surface area contributed by atoms with E-state index < -0.39 is 0 Å². The molecule has 1 aliphatic carbocycles. The zero-order chi connectivity index (χ0) is 13.5. The molecule has 100 valence electrons. The van der Waals surface area contributed by atoms with E-state index in [1.165, 1.54) is 16.8 Å². The molecular weight excluding hydrogens is 248 g/mol. The molecule has 0 fully saturated rings. The average Bonchev–Trinajstić information content (AvgIpc) is 3.14. The molecule has 1 aromatic carbocycles. The maximum Gasteiger partial charge on any atom is 0.125 e. The van der Waals surface area contributed by atoms with Crippen molar-refractivity contribution in [1.29, 1.82) is 0 Å². The monoisotopic (exact) mass is 264 g/mol. The van der Waals surface area contributed by atoms with Gasteiger partial charge < -0.3 is 10.2 Å². The van der Waals surface area contributed by atoms with Crippen molar-refractivity contribution in [2.75, 3.05) is 0 Å². The normalized spacial score (nSPS) is 15.4. The van der Waals surface area contributed by atoms with Gasteiger partial charge in [0.2, 0.25) is 0 Å². The maximum atomic E-state index is 6.48. The van der Waals surface area contributed by atoms with E-state index >= 15 is 0 Å². The molecular formula is C17H16N2O. The zero-order valence-electron chi connectivity index (χ0n) is 11.2. The maximum absolute atomic E-state index is 6.48. The Morgan fingerprint density at radius 2 is 2.00 bits per heavy atom. The Labute approximate surface area is 117 Å². The van der Waals surface area contributed by atoms with Gasteiger partial charge in [-0.1, -0.05) is 18.2 Å². The highest BCUT2D eigenvalue weighted by molar-refractivity contribution is 5.85. The molecule has 2 heterocycles. The Morgan fingerprint density at radius 1 is 1.10 bits per heavy atom. The highest BCUT2D eigenvalue weighted by Crippen LogP contribution is 2.35. The second-order valence-corrected chi connectivity index (χ2v) is 5.31. The fraction of sp³-hybridized carbons (Fsp3) is 0.235. The van der Waals surface area contributed by atoms with Gasteiger partial charge in [-0.25, -0.2) is 0 Å². The summed E-state index contributed by atoms with van der Waals surface area (Å²) >= 11 is 0. The van der Waals surface area contributed by atoms with Crippen molar-refractivity contribution in [3.63, 3.8) is 0 Å². The smallest absolute Gasteiger partial charge is 0.125 e. The first kappa shape index (κ1) is 11.7. The Bertz CT molecular complexity index is 762. The van der Waals surface area contributed by atoms with Crippen LogP contribution in [0.2, 0.25) is 0 Å². The lowest BCUT2D eigenvalue weighted by Gasteiger charge is -2.17. The molecule has 3 nitrogen and oxygen atoms in total. The van der Waals surface area contributed by atoms with Crippen LogP contribution >= 0.6 is 0 Å². The number of hydrogen-bond acceptors (Lipinski definition) is 3. The Morgan fingerprint density at radius 3 is 2.85 bits per heavy atom. The average molecular weight is 264 g/mol. The zero-order valence-corrected chi connectivity index (χ0v) is 11.2. The van der Waals surface area contributed by atoms with Gasteiger partial charge in [0.15, 0.2) is 0 Å². The van der Waals surface area contributed by atoms with Gasteiger partial charge >= 0.3 is 0 Å². The number of para-hydroxylation sites is 1. The molecule has 1 aliphatic rings. The van der Waals surface area contributed by atoms with Gasteiger partial charge in [-0.15, -0.1) is 0 Å². The van der Waals surface area contributed by atoms with Crippen LogP contribution in [0.15, 0.2) is 47.1 Å². The number of hydrogen-bond donors (Lipinski definition) is 1. The minimum absolute atomic E-state index is 0.218. The summed E-state index contributed by atoms with van der Waals surface area (Å²) in [6.07, 6.45) is 4.96. The summed E-state index contributed by atoms with van der Waals surface area (Å²) in [6.45, 7) is 0. The van der Waals surface area contributed by atoms with E-state index in [1.54, 1.807) is 6.26 Å². The number of nitrogens with two attached hydrogens (primary N) is 1. The van der Waals surface area contributed by atoms with Crippen molar-refractivity contribution in [3.8, 4) is 0 Å². The molecule has 0 amide bonds. The van der Waals surface area contributed by atoms with Crippen LogP contribution in [-0.4, -0.2) is 4.98 Å². The lowest BCUT2D eigenvalue weighted by molar-refractivity contribution is 0.490. The summed E-state index contributed by atoms with van der Waals surface area (Å²) < 4.78 is 5.51. The molecule has 1 atom stereocenters. The molecule has 0 aliphatic heterocycles. The Hall–Kier alpha value is -2.13. The lowest BCUT2D eigenvalue weighted by Crippen LogP contribution is -2.14. The molecule has 0 radical (unpaired) electrons. The molecule has 3 heteroatoms. The molecule has 4 rings (SSSR count). The third-order valence-electron chi connectivity index (χ3n) is 4.12. The van der Waals surface area contributed by atoms with Crippen LogP contribution < -0.4 is 5.73 Å². The van der Waals surface area contributed by atoms with Crippen molar-refractivity contribution >= 4 is 10.9 Å². The lowest BCUT2D eigenvalue weighted by atomic mass is 9.94. The van der Waals surface area contributed by atoms with Gasteiger partial charge in [-0.3, -0.25) is 4.98 Å². The summed E-state index contributed by atoms with van der Waals surface area (Å²) in [7, 11) is 0. The summed E-state index contributed by atoms with van der Waals surface area (Å²) in [5.41, 5.74) is 11.2. The molecule has 0 saturated carbocycles. The summed E-state index contributed by atoms with van der Waals surface area (Å²) in [6, 6.07) is 11.9. The summed E-state index contributed by atoms with van der Waals surface area (Å²) in [5, 5.41) is 1.15. The van der Waals surface area contributed by atoms with E-state index in [2.05, 4.69) is 12.1 Å². The van der Waals surface area contributed by atoms with Crippen molar-refractivity contribution in [1.82, 2.24) is 4.98 Å². The quantitative estimate of drug-likeness (QED) is 0.772. The fourth-order valence-electron chi connectivity index (χ4n) is 3.21. The number of rotatable bonds is 2. The van der Waals surface area contributed by atoms with Crippen molar-refractivity contribution in [3.05, 3.63) is 65.2 Å². The summed E-state index contributed by atoms with van der Waals surface area (Å²) in [5.74, 6) is 0.815. The number of pyridine rings is 1.